The molecule has 12 nitrogen and oxygen atoms in total. The summed E-state index contributed by atoms with van der Waals surface area (Å²) in [6.45, 7) is 4.14. The molecule has 1 aliphatic carbocycles. The van der Waals surface area contributed by atoms with E-state index in [-0.39, 0.29) is 13.0 Å². The van der Waals surface area contributed by atoms with Crippen molar-refractivity contribution in [3.63, 3.8) is 0 Å². The predicted octanol–water partition coefficient (Wildman–Crippen LogP) is 14.4. The fourth-order valence-corrected chi connectivity index (χ4v) is 9.62. The molecule has 0 amide bonds. The largest absolute Gasteiger partial charge is 0.472 e. The van der Waals surface area contributed by atoms with Crippen LogP contribution in [-0.2, 0) is 27.9 Å². The summed E-state index contributed by atoms with van der Waals surface area (Å²) in [7, 11) is -5.04. The maximum Gasteiger partial charge on any atom is 0.472 e. The topological polar surface area (TPSA) is 192 Å². The number of aliphatic hydroxyl groups is 5. The highest BCUT2D eigenvalue weighted by Crippen LogP contribution is 2.47. The first kappa shape index (κ1) is 69.5. The Morgan fingerprint density at radius 3 is 1.23 bits per heavy atom. The van der Waals surface area contributed by atoms with Crippen molar-refractivity contribution in [2.45, 2.75) is 275 Å². The van der Waals surface area contributed by atoms with Crippen LogP contribution in [0.2, 0.25) is 0 Å². The fourth-order valence-electron chi connectivity index (χ4n) is 8.65. The lowest BCUT2D eigenvalue weighted by atomic mass is 9.85. The van der Waals surface area contributed by atoms with E-state index in [1.54, 1.807) is 0 Å². The Bertz CT molecular complexity index is 1540. The average molecular weight is 1060 g/mol. The van der Waals surface area contributed by atoms with Gasteiger partial charge >= 0.3 is 13.8 Å². The summed E-state index contributed by atoms with van der Waals surface area (Å²) in [5.41, 5.74) is 0. The summed E-state index contributed by atoms with van der Waals surface area (Å²) >= 11 is 0. The molecule has 0 radical (unpaired) electrons. The van der Waals surface area contributed by atoms with Gasteiger partial charge in [-0.2, -0.15) is 0 Å². The van der Waals surface area contributed by atoms with Gasteiger partial charge in [-0.25, -0.2) is 4.57 Å². The third-order valence-corrected chi connectivity index (χ3v) is 14.2. The van der Waals surface area contributed by atoms with Crippen LogP contribution in [0.15, 0.2) is 85.1 Å². The molecule has 0 heterocycles. The molecule has 0 saturated heterocycles. The second-order valence-corrected chi connectivity index (χ2v) is 21.5. The summed E-state index contributed by atoms with van der Waals surface area (Å²) in [5.74, 6) is -0.501. The molecule has 0 aromatic carbocycles. The first-order valence-electron chi connectivity index (χ1n) is 29.4. The van der Waals surface area contributed by atoms with Crippen LogP contribution in [0.25, 0.3) is 0 Å². The van der Waals surface area contributed by atoms with Gasteiger partial charge in [0.2, 0.25) is 0 Å². The van der Waals surface area contributed by atoms with Crippen molar-refractivity contribution in [2.75, 3.05) is 19.8 Å². The van der Waals surface area contributed by atoms with Crippen LogP contribution in [0.4, 0.5) is 0 Å². The molecule has 1 saturated carbocycles. The van der Waals surface area contributed by atoms with E-state index in [1.165, 1.54) is 122 Å². The third-order valence-electron chi connectivity index (χ3n) is 13.3. The van der Waals surface area contributed by atoms with Crippen molar-refractivity contribution in [1.82, 2.24) is 0 Å². The zero-order valence-electron chi connectivity index (χ0n) is 46.4. The van der Waals surface area contributed by atoms with Gasteiger partial charge < -0.3 is 39.9 Å². The van der Waals surface area contributed by atoms with Crippen LogP contribution in [0, 0.1) is 0 Å². The van der Waals surface area contributed by atoms with E-state index < -0.39 is 63.1 Å². The van der Waals surface area contributed by atoms with E-state index in [1.807, 2.05) is 0 Å². The molecule has 0 aromatic rings. The first-order chi connectivity index (χ1) is 36.0. The monoisotopic (exact) mass is 1060 g/mol. The highest BCUT2D eigenvalue weighted by atomic mass is 31.2. The molecular weight excluding hydrogens is 956 g/mol. The molecule has 1 rings (SSSR count). The maximum absolute atomic E-state index is 12.9. The first-order valence-corrected chi connectivity index (χ1v) is 30.9. The van der Waals surface area contributed by atoms with Gasteiger partial charge in [0.15, 0.2) is 0 Å². The number of hydrogen-bond acceptors (Lipinski definition) is 11. The van der Waals surface area contributed by atoms with Gasteiger partial charge in [0.05, 0.1) is 13.2 Å². The second-order valence-electron chi connectivity index (χ2n) is 20.1. The Hall–Kier alpha value is -2.48. The van der Waals surface area contributed by atoms with Crippen molar-refractivity contribution in [3.8, 4) is 0 Å². The quantitative estimate of drug-likeness (QED) is 0.0146. The van der Waals surface area contributed by atoms with E-state index in [4.69, 9.17) is 18.5 Å². The van der Waals surface area contributed by atoms with E-state index >= 15 is 0 Å². The molecule has 13 heteroatoms. The molecule has 74 heavy (non-hydrogen) atoms. The Morgan fingerprint density at radius 2 is 0.797 bits per heavy atom. The number of unbranched alkanes of at least 4 members (excludes halogenated alkanes) is 24. The smallest absolute Gasteiger partial charge is 0.457 e. The molecule has 428 valence electrons. The second kappa shape index (κ2) is 50.1. The number of hydrogen-bond donors (Lipinski definition) is 6. The van der Waals surface area contributed by atoms with Crippen molar-refractivity contribution in [3.05, 3.63) is 85.1 Å². The lowest BCUT2D eigenvalue weighted by molar-refractivity contribution is -0.220. The highest BCUT2D eigenvalue weighted by Gasteiger charge is 2.51. The minimum absolute atomic E-state index is 0.0912. The van der Waals surface area contributed by atoms with Gasteiger partial charge in [0, 0.05) is 13.0 Å². The van der Waals surface area contributed by atoms with Crippen LogP contribution in [-0.4, -0.2) is 98.9 Å². The van der Waals surface area contributed by atoms with E-state index in [0.29, 0.717) is 13.0 Å². The minimum Gasteiger partial charge on any atom is -0.457 e. The zero-order chi connectivity index (χ0) is 54.0. The molecule has 1 aliphatic rings. The maximum atomic E-state index is 12.9. The van der Waals surface area contributed by atoms with Gasteiger partial charge in [-0.3, -0.25) is 13.8 Å². The number of phosphoric ester groups is 1. The fraction of sp³-hybridized carbons (Fsp3) is 0.754. The van der Waals surface area contributed by atoms with E-state index in [2.05, 4.69) is 98.9 Å². The average Bonchev–Trinajstić information content (AvgIpc) is 3.39. The predicted molar refractivity (Wildman–Crippen MR) is 304 cm³/mol. The van der Waals surface area contributed by atoms with Crippen LogP contribution in [0.1, 0.15) is 232 Å². The Morgan fingerprint density at radius 1 is 0.446 bits per heavy atom. The normalized spacial score (nSPS) is 21.0. The molecule has 0 bridgehead atoms. The number of phosphoric acid groups is 1. The summed E-state index contributed by atoms with van der Waals surface area (Å²) in [6, 6.07) is 0. The molecule has 0 aliphatic heterocycles. The molecule has 6 atom stereocenters. The highest BCUT2D eigenvalue weighted by molar-refractivity contribution is 7.47. The lowest BCUT2D eigenvalue weighted by Crippen LogP contribution is -2.64. The van der Waals surface area contributed by atoms with Crippen LogP contribution in [0.3, 0.4) is 0 Å². The van der Waals surface area contributed by atoms with Crippen molar-refractivity contribution in [2.24, 2.45) is 0 Å². The number of allylic oxidation sites excluding steroid dienone is 14. The third kappa shape index (κ3) is 40.7. The standard InChI is InChI=1S/C61H107O12P/c1-3-5-7-9-11-13-15-17-19-21-23-25-27-29-31-33-35-37-39-41-43-45-47-49-51-70-52-54(53-71-74(68,69)73-61-59(66)57(64)56(63)58(65)60(61)67)72-55(62)50-48-46-44-42-40-38-36-34-32-30-28-26-24-22-20-18-16-14-12-10-8-6-4-2/h6,8,12,14,18,20-21,23-24,26,30,32,36,38,54,56-61,63-67H,3-5,7,9-11,13,15-17,19,22,25,27-29,31,33-35,37,39-53H2,1-2H3,(H,68,69)/b8-6-,14-12-,20-18-,23-21-,26-24-,32-30-,38-36-. The van der Waals surface area contributed by atoms with Gasteiger partial charge in [0.25, 0.3) is 0 Å². The van der Waals surface area contributed by atoms with Crippen LogP contribution >= 0.6 is 7.82 Å². The minimum atomic E-state index is -5.04. The van der Waals surface area contributed by atoms with Gasteiger partial charge in [-0.1, -0.05) is 221 Å². The van der Waals surface area contributed by atoms with Crippen molar-refractivity contribution in [1.29, 1.82) is 0 Å². The molecule has 6 unspecified atom stereocenters. The number of aliphatic hydroxyl groups excluding tert-OH is 5. The Kier molecular flexibility index (Phi) is 47.0. The van der Waals surface area contributed by atoms with Crippen molar-refractivity contribution < 1.29 is 58.3 Å². The number of carbonyl (C=O) groups is 1. The summed E-state index contributed by atoms with van der Waals surface area (Å²) < 4.78 is 34.4. The molecular formula is C61H107O12P. The van der Waals surface area contributed by atoms with Gasteiger partial charge in [-0.05, 0) is 89.9 Å². The number of esters is 1. The summed E-state index contributed by atoms with van der Waals surface area (Å²) in [6.07, 6.45) is 56.5. The van der Waals surface area contributed by atoms with E-state index in [0.717, 1.165) is 83.5 Å². The molecule has 6 N–H and O–H groups in total. The van der Waals surface area contributed by atoms with Crippen molar-refractivity contribution >= 4 is 13.8 Å². The number of rotatable bonds is 50. The molecule has 0 spiro atoms. The van der Waals surface area contributed by atoms with Gasteiger partial charge in [-0.15, -0.1) is 0 Å². The Labute approximate surface area is 450 Å². The zero-order valence-corrected chi connectivity index (χ0v) is 47.3. The molecule has 1 fully saturated rings. The number of ether oxygens (including phenoxy) is 2. The summed E-state index contributed by atoms with van der Waals surface area (Å²) in [4.78, 5) is 23.3. The van der Waals surface area contributed by atoms with Crippen LogP contribution in [0.5, 0.6) is 0 Å². The molecule has 0 aromatic heterocycles. The van der Waals surface area contributed by atoms with Crippen LogP contribution < -0.4 is 0 Å². The van der Waals surface area contributed by atoms with Gasteiger partial charge in [0.1, 0.15) is 42.7 Å². The SMILES string of the molecule is CC/C=C\C/C=C\C/C=C\C/C=C\C/C=C\C/C=C\CCCCCCC(=O)OC(COCCCCCCCCCCCCCC/C=C\CCCCCCCCCC)COP(=O)(O)OC1C(O)C(O)C(O)C(O)C1O. The summed E-state index contributed by atoms with van der Waals surface area (Å²) in [5, 5.41) is 50.5. The Balaban J connectivity index is 2.31. The van der Waals surface area contributed by atoms with E-state index in [9.17, 15) is 39.8 Å². The number of carbonyl (C=O) groups excluding carboxylic acids is 1. The lowest BCUT2D eigenvalue weighted by Gasteiger charge is -2.41.